The molecule has 0 saturated heterocycles. The standard InChI is InChI=1S/C14H14N3S/c1-16-10-9-15-14(16)18-13-8-7-11-5-3-4-6-12(11)17(13)2/h3-10H,1-2H3/q+1. The molecule has 1 aromatic carbocycles. The molecule has 0 fully saturated rings. The molecule has 0 saturated carbocycles. The second-order valence-electron chi connectivity index (χ2n) is 4.21. The average Bonchev–Trinajstić information content (AvgIpc) is 2.79. The summed E-state index contributed by atoms with van der Waals surface area (Å²) < 4.78 is 4.23. The van der Waals surface area contributed by atoms with Crippen molar-refractivity contribution in [2.45, 2.75) is 10.2 Å². The third-order valence-corrected chi connectivity index (χ3v) is 4.20. The number of hydrogen-bond donors (Lipinski definition) is 0. The molecule has 18 heavy (non-hydrogen) atoms. The molecule has 0 unspecified atom stereocenters. The molecule has 0 bridgehead atoms. The minimum atomic E-state index is 1.00. The number of benzene rings is 1. The lowest BCUT2D eigenvalue weighted by Crippen LogP contribution is -2.31. The van der Waals surface area contributed by atoms with Crippen molar-refractivity contribution < 1.29 is 4.57 Å². The predicted molar refractivity (Wildman–Crippen MR) is 72.5 cm³/mol. The van der Waals surface area contributed by atoms with Gasteiger partial charge in [-0.25, -0.2) is 4.98 Å². The van der Waals surface area contributed by atoms with Crippen LogP contribution in [-0.4, -0.2) is 9.55 Å². The number of imidazole rings is 1. The molecule has 3 aromatic rings. The number of aromatic nitrogens is 3. The Hall–Kier alpha value is -1.81. The van der Waals surface area contributed by atoms with Crippen molar-refractivity contribution in [3.05, 3.63) is 48.8 Å². The van der Waals surface area contributed by atoms with Gasteiger partial charge >= 0.3 is 0 Å². The third kappa shape index (κ3) is 1.88. The van der Waals surface area contributed by atoms with E-state index in [4.69, 9.17) is 0 Å². The van der Waals surface area contributed by atoms with E-state index in [0.717, 1.165) is 5.16 Å². The van der Waals surface area contributed by atoms with Crippen LogP contribution in [0.3, 0.4) is 0 Å². The van der Waals surface area contributed by atoms with Crippen LogP contribution in [0.15, 0.2) is 59.0 Å². The average molecular weight is 256 g/mol. The number of hydrogen-bond acceptors (Lipinski definition) is 2. The Labute approximate surface area is 110 Å². The zero-order valence-corrected chi connectivity index (χ0v) is 11.2. The van der Waals surface area contributed by atoms with Crippen LogP contribution in [0.1, 0.15) is 0 Å². The Morgan fingerprint density at radius 2 is 2.00 bits per heavy atom. The minimum absolute atomic E-state index is 1.00. The van der Waals surface area contributed by atoms with Gasteiger partial charge < -0.3 is 4.57 Å². The zero-order chi connectivity index (χ0) is 12.5. The first kappa shape index (κ1) is 11.3. The van der Waals surface area contributed by atoms with Crippen molar-refractivity contribution in [2.24, 2.45) is 14.1 Å². The smallest absolute Gasteiger partial charge is 0.248 e. The monoisotopic (exact) mass is 256 g/mol. The maximum atomic E-state index is 4.34. The third-order valence-electron chi connectivity index (χ3n) is 3.01. The van der Waals surface area contributed by atoms with E-state index in [2.05, 4.69) is 53.0 Å². The van der Waals surface area contributed by atoms with Crippen molar-refractivity contribution in [2.75, 3.05) is 0 Å². The molecule has 0 N–H and O–H groups in total. The normalized spacial score (nSPS) is 11.0. The number of pyridine rings is 1. The highest BCUT2D eigenvalue weighted by atomic mass is 32.2. The molecule has 0 aliphatic carbocycles. The van der Waals surface area contributed by atoms with E-state index in [-0.39, 0.29) is 0 Å². The van der Waals surface area contributed by atoms with Gasteiger partial charge in [0, 0.05) is 48.7 Å². The summed E-state index contributed by atoms with van der Waals surface area (Å²) in [5.74, 6) is 0. The molecule has 2 heterocycles. The lowest BCUT2D eigenvalue weighted by atomic mass is 10.2. The fourth-order valence-corrected chi connectivity index (χ4v) is 2.85. The molecule has 0 spiro atoms. The van der Waals surface area contributed by atoms with Crippen LogP contribution in [0.4, 0.5) is 0 Å². The zero-order valence-electron chi connectivity index (χ0n) is 10.4. The van der Waals surface area contributed by atoms with Crippen molar-refractivity contribution in [1.29, 1.82) is 0 Å². The summed E-state index contributed by atoms with van der Waals surface area (Å²) in [7, 11) is 4.10. The lowest BCUT2D eigenvalue weighted by Gasteiger charge is -2.02. The molecule has 0 radical (unpaired) electrons. The van der Waals surface area contributed by atoms with Crippen molar-refractivity contribution >= 4 is 22.7 Å². The van der Waals surface area contributed by atoms with E-state index < -0.39 is 0 Å². The second-order valence-corrected chi connectivity index (χ2v) is 5.20. The van der Waals surface area contributed by atoms with E-state index in [1.165, 1.54) is 15.9 Å². The number of rotatable bonds is 2. The summed E-state index contributed by atoms with van der Waals surface area (Å²) in [5.41, 5.74) is 1.23. The van der Waals surface area contributed by atoms with Gasteiger partial charge in [-0.1, -0.05) is 12.1 Å². The van der Waals surface area contributed by atoms with Crippen LogP contribution in [0.25, 0.3) is 10.9 Å². The Balaban J connectivity index is 2.08. The fraction of sp³-hybridized carbons (Fsp3) is 0.143. The number of nitrogens with zero attached hydrogens (tertiary/aromatic N) is 3. The van der Waals surface area contributed by atoms with Crippen LogP contribution in [-0.2, 0) is 14.1 Å². The molecule has 3 nitrogen and oxygen atoms in total. The molecule has 0 amide bonds. The minimum Gasteiger partial charge on any atom is -0.329 e. The number of fused-ring (bicyclic) bond motifs is 1. The van der Waals surface area contributed by atoms with Crippen molar-refractivity contribution in [1.82, 2.24) is 9.55 Å². The summed E-state index contributed by atoms with van der Waals surface area (Å²) >= 11 is 1.68. The van der Waals surface area contributed by atoms with Gasteiger partial charge in [0.15, 0.2) is 5.16 Å². The number of para-hydroxylation sites is 1. The van der Waals surface area contributed by atoms with E-state index >= 15 is 0 Å². The van der Waals surface area contributed by atoms with Crippen LogP contribution in [0.2, 0.25) is 0 Å². The van der Waals surface area contributed by atoms with Crippen LogP contribution in [0, 0.1) is 0 Å². The Morgan fingerprint density at radius 1 is 1.17 bits per heavy atom. The van der Waals surface area contributed by atoms with Gasteiger partial charge in [-0.05, 0) is 12.1 Å². The Kier molecular flexibility index (Phi) is 2.80. The largest absolute Gasteiger partial charge is 0.329 e. The molecule has 4 heteroatoms. The van der Waals surface area contributed by atoms with E-state index in [1.54, 1.807) is 11.8 Å². The van der Waals surface area contributed by atoms with Gasteiger partial charge in [-0.2, -0.15) is 4.57 Å². The number of aryl methyl sites for hydroxylation is 2. The molecule has 90 valence electrons. The first-order valence-electron chi connectivity index (χ1n) is 5.78. The first-order chi connectivity index (χ1) is 8.75. The Bertz CT molecular complexity index is 703. The maximum absolute atomic E-state index is 4.34. The van der Waals surface area contributed by atoms with Crippen LogP contribution >= 0.6 is 11.8 Å². The quantitative estimate of drug-likeness (QED) is 0.657. The topological polar surface area (TPSA) is 21.7 Å². The molecular formula is C14H14N3S+. The molecule has 0 aliphatic heterocycles. The molecule has 2 aromatic heterocycles. The van der Waals surface area contributed by atoms with E-state index in [1.807, 2.05) is 24.0 Å². The highest BCUT2D eigenvalue weighted by Gasteiger charge is 2.14. The lowest BCUT2D eigenvalue weighted by molar-refractivity contribution is -0.683. The SMILES string of the molecule is Cn1ccnc1Sc1ccc2ccccc2[n+]1C. The predicted octanol–water partition coefficient (Wildman–Crippen LogP) is 2.55. The molecule has 3 rings (SSSR count). The van der Waals surface area contributed by atoms with Crippen molar-refractivity contribution in [3.8, 4) is 0 Å². The van der Waals surface area contributed by atoms with E-state index in [0.29, 0.717) is 0 Å². The molecule has 0 atom stereocenters. The van der Waals surface area contributed by atoms with Gasteiger partial charge in [0.2, 0.25) is 10.5 Å². The van der Waals surface area contributed by atoms with Gasteiger partial charge in [0.1, 0.15) is 7.05 Å². The van der Waals surface area contributed by atoms with E-state index in [9.17, 15) is 0 Å². The first-order valence-corrected chi connectivity index (χ1v) is 6.60. The summed E-state index contributed by atoms with van der Waals surface area (Å²) in [5, 5.41) is 3.44. The van der Waals surface area contributed by atoms with Gasteiger partial charge in [-0.3, -0.25) is 0 Å². The molecular weight excluding hydrogens is 242 g/mol. The second kappa shape index (κ2) is 4.46. The fourth-order valence-electron chi connectivity index (χ4n) is 1.97. The summed E-state index contributed by atoms with van der Waals surface area (Å²) in [4.78, 5) is 4.34. The maximum Gasteiger partial charge on any atom is 0.248 e. The highest BCUT2D eigenvalue weighted by Crippen LogP contribution is 2.24. The highest BCUT2D eigenvalue weighted by molar-refractivity contribution is 7.99. The van der Waals surface area contributed by atoms with Gasteiger partial charge in [-0.15, -0.1) is 0 Å². The van der Waals surface area contributed by atoms with Gasteiger partial charge in [0.25, 0.3) is 0 Å². The van der Waals surface area contributed by atoms with Crippen LogP contribution in [0.5, 0.6) is 0 Å². The van der Waals surface area contributed by atoms with Gasteiger partial charge in [0.05, 0.1) is 0 Å². The van der Waals surface area contributed by atoms with Crippen LogP contribution < -0.4 is 4.57 Å². The Morgan fingerprint density at radius 3 is 2.78 bits per heavy atom. The summed E-state index contributed by atoms with van der Waals surface area (Å²) in [6.07, 6.45) is 3.78. The van der Waals surface area contributed by atoms with Crippen molar-refractivity contribution in [3.63, 3.8) is 0 Å². The summed E-state index contributed by atoms with van der Waals surface area (Å²) in [6, 6.07) is 12.7. The molecule has 0 aliphatic rings. The summed E-state index contributed by atoms with van der Waals surface area (Å²) in [6.45, 7) is 0.